The lowest BCUT2D eigenvalue weighted by molar-refractivity contribution is -0.137. The van der Waals surface area contributed by atoms with Gasteiger partial charge in [-0.05, 0) is 39.2 Å². The Morgan fingerprint density at radius 3 is 2.62 bits per heavy atom. The molecule has 1 saturated carbocycles. The Hall–Kier alpha value is -0.570. The highest BCUT2D eigenvalue weighted by molar-refractivity contribution is 5.66. The summed E-state index contributed by atoms with van der Waals surface area (Å²) >= 11 is 0. The lowest BCUT2D eigenvalue weighted by Crippen LogP contribution is -2.28. The highest BCUT2D eigenvalue weighted by Crippen LogP contribution is 2.34. The molecule has 76 valence electrons. The normalized spacial score (nSPS) is 18.5. The van der Waals surface area contributed by atoms with Crippen LogP contribution in [0.25, 0.3) is 0 Å². The van der Waals surface area contributed by atoms with E-state index in [4.69, 9.17) is 5.11 Å². The zero-order chi connectivity index (χ0) is 9.73. The number of hydrogen-bond donors (Lipinski definition) is 2. The molecule has 1 aliphatic carbocycles. The first-order valence-electron chi connectivity index (χ1n) is 5.09. The van der Waals surface area contributed by atoms with E-state index in [0.717, 1.165) is 25.8 Å². The highest BCUT2D eigenvalue weighted by Gasteiger charge is 2.35. The van der Waals surface area contributed by atoms with E-state index in [-0.39, 0.29) is 0 Å². The van der Waals surface area contributed by atoms with Crippen LogP contribution in [0.3, 0.4) is 0 Å². The van der Waals surface area contributed by atoms with Gasteiger partial charge < -0.3 is 10.4 Å². The lowest BCUT2D eigenvalue weighted by atomic mass is 10.2. The molecule has 0 unspecified atom stereocenters. The van der Waals surface area contributed by atoms with Crippen LogP contribution in [0.5, 0.6) is 0 Å². The number of carbonyl (C=O) groups is 1. The van der Waals surface area contributed by atoms with Gasteiger partial charge in [0.2, 0.25) is 0 Å². The van der Waals surface area contributed by atoms with Gasteiger partial charge in [0, 0.05) is 12.0 Å². The third-order valence-electron chi connectivity index (χ3n) is 2.62. The van der Waals surface area contributed by atoms with Crippen LogP contribution < -0.4 is 5.32 Å². The Balaban J connectivity index is 1.81. The summed E-state index contributed by atoms with van der Waals surface area (Å²) in [7, 11) is 0. The van der Waals surface area contributed by atoms with E-state index in [9.17, 15) is 4.79 Å². The predicted octanol–water partition coefficient (Wildman–Crippen LogP) is 1.77. The highest BCUT2D eigenvalue weighted by atomic mass is 16.4. The second kappa shape index (κ2) is 4.61. The number of unbranched alkanes of at least 4 members (excludes halogenated alkanes) is 2. The van der Waals surface area contributed by atoms with Crippen molar-refractivity contribution < 1.29 is 9.90 Å². The smallest absolute Gasteiger partial charge is 0.303 e. The van der Waals surface area contributed by atoms with E-state index in [1.54, 1.807) is 0 Å². The summed E-state index contributed by atoms with van der Waals surface area (Å²) in [6, 6.07) is 0. The second-order valence-corrected chi connectivity index (χ2v) is 4.19. The molecule has 0 aromatic rings. The van der Waals surface area contributed by atoms with Crippen LogP contribution in [-0.4, -0.2) is 23.2 Å². The number of hydrogen-bond acceptors (Lipinski definition) is 2. The van der Waals surface area contributed by atoms with Crippen molar-refractivity contribution in [3.63, 3.8) is 0 Å². The maximum atomic E-state index is 10.2. The first-order chi connectivity index (χ1) is 6.12. The molecule has 1 aliphatic rings. The number of carboxylic acids is 1. The van der Waals surface area contributed by atoms with Gasteiger partial charge in [0.1, 0.15) is 0 Å². The molecule has 0 aromatic heterocycles. The summed E-state index contributed by atoms with van der Waals surface area (Å²) in [6.07, 6.45) is 5.84. The Morgan fingerprint density at radius 1 is 1.38 bits per heavy atom. The van der Waals surface area contributed by atoms with E-state index in [1.807, 2.05) is 0 Å². The van der Waals surface area contributed by atoms with E-state index in [2.05, 4.69) is 12.2 Å². The molecule has 0 heterocycles. The summed E-state index contributed by atoms with van der Waals surface area (Å²) in [4.78, 5) is 10.2. The van der Waals surface area contributed by atoms with Crippen LogP contribution in [0, 0.1) is 0 Å². The van der Waals surface area contributed by atoms with E-state index >= 15 is 0 Å². The van der Waals surface area contributed by atoms with Crippen molar-refractivity contribution in [1.82, 2.24) is 5.32 Å². The minimum absolute atomic E-state index is 0.317. The van der Waals surface area contributed by atoms with Gasteiger partial charge in [-0.15, -0.1) is 0 Å². The van der Waals surface area contributed by atoms with E-state index in [0.29, 0.717) is 12.0 Å². The zero-order valence-corrected chi connectivity index (χ0v) is 8.31. The zero-order valence-electron chi connectivity index (χ0n) is 8.31. The van der Waals surface area contributed by atoms with Crippen LogP contribution in [0.4, 0.5) is 0 Å². The van der Waals surface area contributed by atoms with Crippen molar-refractivity contribution >= 4 is 5.97 Å². The fourth-order valence-corrected chi connectivity index (χ4v) is 1.33. The van der Waals surface area contributed by atoms with Crippen LogP contribution in [0.1, 0.15) is 45.4 Å². The molecule has 13 heavy (non-hydrogen) atoms. The molecule has 3 heteroatoms. The molecule has 0 spiro atoms. The Kier molecular flexibility index (Phi) is 3.72. The summed E-state index contributed by atoms with van der Waals surface area (Å²) in [6.45, 7) is 3.28. The topological polar surface area (TPSA) is 49.3 Å². The lowest BCUT2D eigenvalue weighted by Gasteiger charge is -2.10. The monoisotopic (exact) mass is 185 g/mol. The van der Waals surface area contributed by atoms with Crippen LogP contribution in [0.15, 0.2) is 0 Å². The number of carboxylic acid groups (broad SMARTS) is 1. The minimum Gasteiger partial charge on any atom is -0.481 e. The number of aliphatic carboxylic acids is 1. The first kappa shape index (κ1) is 10.5. The molecule has 0 radical (unpaired) electrons. The van der Waals surface area contributed by atoms with Crippen molar-refractivity contribution in [2.24, 2.45) is 0 Å². The van der Waals surface area contributed by atoms with Crippen molar-refractivity contribution in [3.8, 4) is 0 Å². The number of nitrogens with one attached hydrogen (secondary N) is 1. The van der Waals surface area contributed by atoms with Crippen LogP contribution in [0.2, 0.25) is 0 Å². The SMILES string of the molecule is CC1(NCCCCCC(=O)O)CC1. The summed E-state index contributed by atoms with van der Waals surface area (Å²) < 4.78 is 0. The van der Waals surface area contributed by atoms with Gasteiger partial charge in [0.15, 0.2) is 0 Å². The molecule has 1 fully saturated rings. The van der Waals surface area contributed by atoms with E-state index in [1.165, 1.54) is 12.8 Å². The molecular formula is C10H19NO2. The van der Waals surface area contributed by atoms with Crippen molar-refractivity contribution in [2.75, 3.05) is 6.54 Å². The fourth-order valence-electron chi connectivity index (χ4n) is 1.33. The van der Waals surface area contributed by atoms with Gasteiger partial charge in [-0.1, -0.05) is 6.42 Å². The average molecular weight is 185 g/mol. The third-order valence-corrected chi connectivity index (χ3v) is 2.62. The molecule has 0 bridgehead atoms. The van der Waals surface area contributed by atoms with Gasteiger partial charge >= 0.3 is 5.97 Å². The maximum Gasteiger partial charge on any atom is 0.303 e. The van der Waals surface area contributed by atoms with Gasteiger partial charge in [0.25, 0.3) is 0 Å². The molecule has 3 nitrogen and oxygen atoms in total. The largest absolute Gasteiger partial charge is 0.481 e. The summed E-state index contributed by atoms with van der Waals surface area (Å²) in [5.41, 5.74) is 0.423. The Morgan fingerprint density at radius 2 is 2.08 bits per heavy atom. The van der Waals surface area contributed by atoms with Crippen LogP contribution >= 0.6 is 0 Å². The van der Waals surface area contributed by atoms with Crippen molar-refractivity contribution in [3.05, 3.63) is 0 Å². The summed E-state index contributed by atoms with van der Waals surface area (Å²) in [5, 5.41) is 11.9. The molecule has 0 aliphatic heterocycles. The Bertz CT molecular complexity index is 176. The summed E-state index contributed by atoms with van der Waals surface area (Å²) in [5.74, 6) is -0.679. The molecular weight excluding hydrogens is 166 g/mol. The average Bonchev–Trinajstić information content (AvgIpc) is 2.76. The standard InChI is InChI=1S/C10H19NO2/c1-10(6-7-10)11-8-4-2-3-5-9(12)13/h11H,2-8H2,1H3,(H,12,13). The molecule has 1 rings (SSSR count). The van der Waals surface area contributed by atoms with Crippen LogP contribution in [-0.2, 0) is 4.79 Å². The Labute approximate surface area is 79.5 Å². The minimum atomic E-state index is -0.679. The van der Waals surface area contributed by atoms with Gasteiger partial charge in [-0.2, -0.15) is 0 Å². The molecule has 0 atom stereocenters. The molecule has 0 amide bonds. The fraction of sp³-hybridized carbons (Fsp3) is 0.900. The quantitative estimate of drug-likeness (QED) is 0.594. The third kappa shape index (κ3) is 4.88. The second-order valence-electron chi connectivity index (χ2n) is 4.19. The van der Waals surface area contributed by atoms with E-state index < -0.39 is 5.97 Å². The molecule has 0 aromatic carbocycles. The van der Waals surface area contributed by atoms with Crippen molar-refractivity contribution in [1.29, 1.82) is 0 Å². The molecule has 0 saturated heterocycles. The maximum absolute atomic E-state index is 10.2. The van der Waals surface area contributed by atoms with Gasteiger partial charge in [-0.25, -0.2) is 0 Å². The predicted molar refractivity (Wildman–Crippen MR) is 51.7 cm³/mol. The number of rotatable bonds is 7. The van der Waals surface area contributed by atoms with Crippen molar-refractivity contribution in [2.45, 2.75) is 51.0 Å². The van der Waals surface area contributed by atoms with Gasteiger partial charge in [0.05, 0.1) is 0 Å². The first-order valence-corrected chi connectivity index (χ1v) is 5.09. The van der Waals surface area contributed by atoms with Gasteiger partial charge in [-0.3, -0.25) is 4.79 Å². The molecule has 2 N–H and O–H groups in total.